The largest absolute Gasteiger partial charge is 0.383 e. The fourth-order valence-electron chi connectivity index (χ4n) is 3.15. The molecule has 5 nitrogen and oxygen atoms in total. The minimum Gasteiger partial charge on any atom is -0.383 e. The highest BCUT2D eigenvalue weighted by Crippen LogP contribution is 2.40. The van der Waals surface area contributed by atoms with Crippen molar-refractivity contribution in [2.45, 2.75) is 46.5 Å². The van der Waals surface area contributed by atoms with Crippen molar-refractivity contribution in [1.29, 1.82) is 0 Å². The lowest BCUT2D eigenvalue weighted by Crippen LogP contribution is -2.36. The minimum absolute atomic E-state index is 0.0821. The van der Waals surface area contributed by atoms with Gasteiger partial charge in [0.05, 0.1) is 17.2 Å². The van der Waals surface area contributed by atoms with E-state index in [0.717, 1.165) is 38.7 Å². The summed E-state index contributed by atoms with van der Waals surface area (Å²) >= 11 is 1.51. The van der Waals surface area contributed by atoms with Crippen LogP contribution in [-0.2, 0) is 4.74 Å². The molecule has 0 aromatic carbocycles. The maximum Gasteiger partial charge on any atom is 0.264 e. The summed E-state index contributed by atoms with van der Waals surface area (Å²) in [6.45, 7) is 10.2. The molecule has 0 spiro atoms. The van der Waals surface area contributed by atoms with E-state index < -0.39 is 0 Å². The summed E-state index contributed by atoms with van der Waals surface area (Å²) in [6.07, 6.45) is 2.36. The highest BCUT2D eigenvalue weighted by atomic mass is 32.1. The number of carbonyl (C=O) groups is 1. The van der Waals surface area contributed by atoms with Gasteiger partial charge in [0.25, 0.3) is 5.91 Å². The first-order chi connectivity index (χ1) is 11.9. The van der Waals surface area contributed by atoms with Crippen LogP contribution in [0.4, 0.5) is 0 Å². The van der Waals surface area contributed by atoms with Gasteiger partial charge < -0.3 is 9.64 Å². The van der Waals surface area contributed by atoms with Crippen LogP contribution >= 0.6 is 11.3 Å². The summed E-state index contributed by atoms with van der Waals surface area (Å²) in [4.78, 5) is 26.2. The van der Waals surface area contributed by atoms with Crippen LogP contribution in [0, 0.1) is 19.8 Å². The molecule has 0 saturated heterocycles. The number of nitrogens with zero attached hydrogens (tertiary/aromatic N) is 3. The van der Waals surface area contributed by atoms with Gasteiger partial charge in [-0.2, -0.15) is 0 Å². The molecular formula is C19H27N3O2S. The maximum absolute atomic E-state index is 13.2. The van der Waals surface area contributed by atoms with E-state index in [4.69, 9.17) is 14.7 Å². The predicted molar refractivity (Wildman–Crippen MR) is 101 cm³/mol. The van der Waals surface area contributed by atoms with Crippen molar-refractivity contribution >= 4 is 27.5 Å². The summed E-state index contributed by atoms with van der Waals surface area (Å²) in [5.41, 5.74) is 2.00. The molecule has 0 aliphatic heterocycles. The van der Waals surface area contributed by atoms with Crippen LogP contribution in [-0.4, -0.2) is 47.6 Å². The van der Waals surface area contributed by atoms with Gasteiger partial charge in [-0.1, -0.05) is 13.8 Å². The molecule has 1 aliphatic carbocycles. The predicted octanol–water partition coefficient (Wildman–Crippen LogP) is 3.93. The molecule has 1 saturated carbocycles. The lowest BCUT2D eigenvalue weighted by Gasteiger charge is -2.24. The molecule has 1 fully saturated rings. The third kappa shape index (κ3) is 3.85. The molecule has 3 rings (SSSR count). The monoisotopic (exact) mass is 361 g/mol. The van der Waals surface area contributed by atoms with Gasteiger partial charge in [0.15, 0.2) is 0 Å². The molecule has 2 aromatic rings. The Labute approximate surface area is 153 Å². The molecule has 0 atom stereocenters. The van der Waals surface area contributed by atoms with Gasteiger partial charge in [-0.25, -0.2) is 9.97 Å². The Balaban J connectivity index is 1.96. The fourth-order valence-corrected chi connectivity index (χ4v) is 4.36. The van der Waals surface area contributed by atoms with Crippen LogP contribution in [0.25, 0.3) is 10.2 Å². The minimum atomic E-state index is 0.0821. The number of aryl methyl sites for hydroxylation is 2. The molecule has 2 aromatic heterocycles. The Bertz CT molecular complexity index is 781. The topological polar surface area (TPSA) is 55.3 Å². The number of methoxy groups -OCH3 is 1. The molecule has 136 valence electrons. The molecule has 0 N–H and O–H groups in total. The van der Waals surface area contributed by atoms with Gasteiger partial charge in [-0.15, -0.1) is 11.3 Å². The Kier molecular flexibility index (Phi) is 5.39. The number of ether oxygens (including phenoxy) is 1. The summed E-state index contributed by atoms with van der Waals surface area (Å²) in [5, 5.41) is 1.05. The second-order valence-electron chi connectivity index (χ2n) is 7.32. The van der Waals surface area contributed by atoms with Gasteiger partial charge in [-0.05, 0) is 38.2 Å². The van der Waals surface area contributed by atoms with Gasteiger partial charge in [0.2, 0.25) is 0 Å². The average Bonchev–Trinajstić information content (AvgIpc) is 3.35. The molecular weight excluding hydrogens is 334 g/mol. The van der Waals surface area contributed by atoms with Gasteiger partial charge in [-0.3, -0.25) is 4.79 Å². The Hall–Kier alpha value is -1.53. The Morgan fingerprint density at radius 3 is 2.64 bits per heavy atom. The molecule has 25 heavy (non-hydrogen) atoms. The fraction of sp³-hybridized carbons (Fsp3) is 0.632. The van der Waals surface area contributed by atoms with Crippen LogP contribution < -0.4 is 0 Å². The van der Waals surface area contributed by atoms with E-state index in [0.29, 0.717) is 25.0 Å². The second-order valence-corrected chi connectivity index (χ2v) is 8.31. The average molecular weight is 362 g/mol. The van der Waals surface area contributed by atoms with Crippen LogP contribution in [0.3, 0.4) is 0 Å². The van der Waals surface area contributed by atoms with Crippen molar-refractivity contribution in [2.75, 3.05) is 26.8 Å². The van der Waals surface area contributed by atoms with Crippen molar-refractivity contribution in [3.05, 3.63) is 22.0 Å². The Morgan fingerprint density at radius 2 is 2.04 bits per heavy atom. The van der Waals surface area contributed by atoms with Gasteiger partial charge in [0, 0.05) is 31.5 Å². The first-order valence-corrected chi connectivity index (χ1v) is 9.79. The number of hydrogen-bond donors (Lipinski definition) is 0. The highest BCUT2D eigenvalue weighted by molar-refractivity contribution is 7.20. The lowest BCUT2D eigenvalue weighted by atomic mass is 10.1. The van der Waals surface area contributed by atoms with E-state index in [9.17, 15) is 4.79 Å². The molecule has 0 unspecified atom stereocenters. The van der Waals surface area contributed by atoms with E-state index in [-0.39, 0.29) is 5.91 Å². The molecule has 1 aliphatic rings. The number of carbonyl (C=O) groups excluding carboxylic acids is 1. The lowest BCUT2D eigenvalue weighted by molar-refractivity contribution is 0.0676. The zero-order valence-corrected chi connectivity index (χ0v) is 16.6. The first-order valence-electron chi connectivity index (χ1n) is 8.98. The smallest absolute Gasteiger partial charge is 0.264 e. The summed E-state index contributed by atoms with van der Waals surface area (Å²) in [5.74, 6) is 1.96. The molecule has 0 bridgehead atoms. The molecule has 0 radical (unpaired) electrons. The van der Waals surface area contributed by atoms with Crippen LogP contribution in [0.5, 0.6) is 0 Å². The van der Waals surface area contributed by atoms with Crippen LogP contribution in [0.1, 0.15) is 59.4 Å². The second kappa shape index (κ2) is 7.38. The summed E-state index contributed by atoms with van der Waals surface area (Å²) in [6, 6.07) is 0. The van der Waals surface area contributed by atoms with Crippen molar-refractivity contribution < 1.29 is 9.53 Å². The zero-order valence-electron chi connectivity index (χ0n) is 15.8. The van der Waals surface area contributed by atoms with Gasteiger partial charge in [0.1, 0.15) is 10.7 Å². The number of rotatable bonds is 7. The van der Waals surface area contributed by atoms with E-state index in [1.165, 1.54) is 24.2 Å². The first kappa shape index (κ1) is 18.3. The van der Waals surface area contributed by atoms with E-state index in [2.05, 4.69) is 13.8 Å². The van der Waals surface area contributed by atoms with Crippen molar-refractivity contribution in [2.24, 2.45) is 5.92 Å². The number of amides is 1. The number of thiophene rings is 1. The normalized spacial score (nSPS) is 14.5. The quantitative estimate of drug-likeness (QED) is 0.750. The summed E-state index contributed by atoms with van der Waals surface area (Å²) < 4.78 is 5.18. The van der Waals surface area contributed by atoms with Gasteiger partial charge >= 0.3 is 0 Å². The Morgan fingerprint density at radius 1 is 1.32 bits per heavy atom. The zero-order chi connectivity index (χ0) is 18.1. The summed E-state index contributed by atoms with van der Waals surface area (Å²) in [7, 11) is 1.67. The van der Waals surface area contributed by atoms with Crippen LogP contribution in [0.2, 0.25) is 0 Å². The van der Waals surface area contributed by atoms with E-state index in [1.54, 1.807) is 7.11 Å². The number of hydrogen-bond acceptors (Lipinski definition) is 5. The van der Waals surface area contributed by atoms with E-state index in [1.807, 2.05) is 18.7 Å². The van der Waals surface area contributed by atoms with Crippen molar-refractivity contribution in [1.82, 2.24) is 14.9 Å². The van der Waals surface area contributed by atoms with Crippen molar-refractivity contribution in [3.8, 4) is 0 Å². The third-order valence-corrected chi connectivity index (χ3v) is 5.74. The molecule has 2 heterocycles. The number of fused-ring (bicyclic) bond motifs is 1. The maximum atomic E-state index is 13.2. The SMILES string of the molecule is COCCN(CC(C)C)C(=O)c1sc2nc(C3CC3)nc(C)c2c1C. The highest BCUT2D eigenvalue weighted by Gasteiger charge is 2.29. The molecule has 6 heteroatoms. The van der Waals surface area contributed by atoms with Crippen LogP contribution in [0.15, 0.2) is 0 Å². The standard InChI is InChI=1S/C19H27N3O2S/c1-11(2)10-22(8-9-24-5)19(23)16-12(3)15-13(4)20-17(14-6-7-14)21-18(15)25-16/h11,14H,6-10H2,1-5H3. The molecule has 1 amide bonds. The van der Waals surface area contributed by atoms with E-state index >= 15 is 0 Å². The number of aromatic nitrogens is 2. The van der Waals surface area contributed by atoms with Crippen molar-refractivity contribution in [3.63, 3.8) is 0 Å². The third-order valence-electron chi connectivity index (χ3n) is 4.56.